The highest BCUT2D eigenvalue weighted by Gasteiger charge is 2.29. The van der Waals surface area contributed by atoms with Crippen LogP contribution in [0.5, 0.6) is 5.75 Å². The van der Waals surface area contributed by atoms with E-state index in [1.54, 1.807) is 6.20 Å². The number of aromatic amines is 1. The molecule has 7 nitrogen and oxygen atoms in total. The SMILES string of the molecule is Cc1ccc2c(c1)CC(C(=O)Nc1n[nH]c(-c3ccccn3)n1)O2. The number of rotatable bonds is 3. The molecule has 2 aromatic heterocycles. The Balaban J connectivity index is 1.45. The number of ether oxygens (including phenoxy) is 1. The first-order valence-corrected chi connectivity index (χ1v) is 7.60. The molecule has 0 fully saturated rings. The van der Waals surface area contributed by atoms with Gasteiger partial charge in [0.05, 0.1) is 0 Å². The first-order valence-electron chi connectivity index (χ1n) is 7.60. The first kappa shape index (κ1) is 14.4. The number of aromatic nitrogens is 4. The van der Waals surface area contributed by atoms with Crippen LogP contribution in [0.4, 0.5) is 5.95 Å². The highest BCUT2D eigenvalue weighted by atomic mass is 16.5. The van der Waals surface area contributed by atoms with E-state index in [1.165, 1.54) is 0 Å². The number of anilines is 1. The zero-order valence-corrected chi connectivity index (χ0v) is 13.0. The number of fused-ring (bicyclic) bond motifs is 1. The average molecular weight is 321 g/mol. The van der Waals surface area contributed by atoms with E-state index < -0.39 is 6.10 Å². The Hall–Kier alpha value is -3.22. The largest absolute Gasteiger partial charge is 0.480 e. The molecule has 1 aromatic carbocycles. The van der Waals surface area contributed by atoms with Crippen molar-refractivity contribution in [1.82, 2.24) is 20.2 Å². The van der Waals surface area contributed by atoms with Crippen molar-refractivity contribution in [3.8, 4) is 17.3 Å². The van der Waals surface area contributed by atoms with Crippen LogP contribution in [0.3, 0.4) is 0 Å². The van der Waals surface area contributed by atoms with Gasteiger partial charge in [0.15, 0.2) is 11.9 Å². The van der Waals surface area contributed by atoms with Gasteiger partial charge < -0.3 is 4.74 Å². The molecule has 7 heteroatoms. The summed E-state index contributed by atoms with van der Waals surface area (Å²) in [4.78, 5) is 20.8. The van der Waals surface area contributed by atoms with Crippen LogP contribution in [-0.4, -0.2) is 32.2 Å². The summed E-state index contributed by atoms with van der Waals surface area (Å²) in [5.74, 6) is 1.19. The summed E-state index contributed by atoms with van der Waals surface area (Å²) in [5.41, 5.74) is 2.84. The predicted molar refractivity (Wildman–Crippen MR) is 87.5 cm³/mol. The fourth-order valence-electron chi connectivity index (χ4n) is 2.65. The number of amides is 1. The lowest BCUT2D eigenvalue weighted by atomic mass is 10.1. The molecule has 1 amide bonds. The van der Waals surface area contributed by atoms with E-state index in [1.807, 2.05) is 43.3 Å². The zero-order chi connectivity index (χ0) is 16.5. The number of H-pyrrole nitrogens is 1. The Labute approximate surface area is 138 Å². The molecule has 0 radical (unpaired) electrons. The summed E-state index contributed by atoms with van der Waals surface area (Å²) in [6, 6.07) is 11.4. The summed E-state index contributed by atoms with van der Waals surface area (Å²) in [6.45, 7) is 2.01. The van der Waals surface area contributed by atoms with Crippen molar-refractivity contribution in [1.29, 1.82) is 0 Å². The van der Waals surface area contributed by atoms with Crippen LogP contribution < -0.4 is 10.1 Å². The fraction of sp³-hybridized carbons (Fsp3) is 0.176. The summed E-state index contributed by atoms with van der Waals surface area (Å²) < 4.78 is 5.70. The highest BCUT2D eigenvalue weighted by Crippen LogP contribution is 2.29. The number of nitrogens with one attached hydrogen (secondary N) is 2. The molecular formula is C17H15N5O2. The molecule has 0 bridgehead atoms. The van der Waals surface area contributed by atoms with Gasteiger partial charge in [-0.2, -0.15) is 4.98 Å². The van der Waals surface area contributed by atoms with Crippen LogP contribution in [-0.2, 0) is 11.2 Å². The van der Waals surface area contributed by atoms with Crippen molar-refractivity contribution >= 4 is 11.9 Å². The minimum atomic E-state index is -0.571. The molecule has 0 saturated heterocycles. The molecule has 1 aliphatic rings. The van der Waals surface area contributed by atoms with Crippen molar-refractivity contribution in [2.45, 2.75) is 19.4 Å². The maximum Gasteiger partial charge on any atom is 0.268 e. The van der Waals surface area contributed by atoms with Gasteiger partial charge >= 0.3 is 0 Å². The van der Waals surface area contributed by atoms with Crippen LogP contribution in [0.15, 0.2) is 42.6 Å². The molecule has 1 atom stereocenters. The molecule has 4 rings (SSSR count). The second-order valence-corrected chi connectivity index (χ2v) is 5.63. The van der Waals surface area contributed by atoms with Crippen molar-refractivity contribution in [3.63, 3.8) is 0 Å². The van der Waals surface area contributed by atoms with Gasteiger partial charge in [-0.25, -0.2) is 0 Å². The van der Waals surface area contributed by atoms with Gasteiger partial charge in [0, 0.05) is 12.6 Å². The van der Waals surface area contributed by atoms with E-state index in [-0.39, 0.29) is 11.9 Å². The molecule has 2 N–H and O–H groups in total. The van der Waals surface area contributed by atoms with Crippen LogP contribution >= 0.6 is 0 Å². The quantitative estimate of drug-likeness (QED) is 0.771. The van der Waals surface area contributed by atoms with E-state index in [2.05, 4.69) is 25.5 Å². The van der Waals surface area contributed by atoms with Crippen molar-refractivity contribution < 1.29 is 9.53 Å². The maximum absolute atomic E-state index is 12.4. The van der Waals surface area contributed by atoms with Crippen molar-refractivity contribution in [3.05, 3.63) is 53.7 Å². The minimum absolute atomic E-state index is 0.205. The third kappa shape index (κ3) is 2.71. The number of pyridine rings is 1. The first-order chi connectivity index (χ1) is 11.7. The standard InChI is InChI=1S/C17H15N5O2/c1-10-5-6-13-11(8-10)9-14(24-13)16(23)20-17-19-15(21-22-17)12-4-2-3-7-18-12/h2-8,14H,9H2,1H3,(H2,19,20,21,22,23). The van der Waals surface area contributed by atoms with Crippen molar-refractivity contribution in [2.24, 2.45) is 0 Å². The Morgan fingerprint density at radius 1 is 1.33 bits per heavy atom. The van der Waals surface area contributed by atoms with Crippen LogP contribution in [0.25, 0.3) is 11.5 Å². The van der Waals surface area contributed by atoms with Gasteiger partial charge in [-0.3, -0.25) is 20.2 Å². The van der Waals surface area contributed by atoms with Gasteiger partial charge in [-0.05, 0) is 30.7 Å². The molecule has 1 unspecified atom stereocenters. The third-order valence-corrected chi connectivity index (χ3v) is 3.81. The lowest BCUT2D eigenvalue weighted by Gasteiger charge is -2.08. The molecule has 3 heterocycles. The molecule has 0 saturated carbocycles. The number of carbonyl (C=O) groups excluding carboxylic acids is 1. The van der Waals surface area contributed by atoms with Gasteiger partial charge in [-0.15, -0.1) is 5.10 Å². The van der Waals surface area contributed by atoms with E-state index >= 15 is 0 Å². The molecule has 0 aliphatic carbocycles. The van der Waals surface area contributed by atoms with Gasteiger partial charge in [0.2, 0.25) is 5.95 Å². The van der Waals surface area contributed by atoms with Gasteiger partial charge in [-0.1, -0.05) is 23.8 Å². The highest BCUT2D eigenvalue weighted by molar-refractivity contribution is 5.93. The predicted octanol–water partition coefficient (Wildman–Crippen LogP) is 2.12. The van der Waals surface area contributed by atoms with E-state index in [4.69, 9.17) is 4.74 Å². The summed E-state index contributed by atoms with van der Waals surface area (Å²) >= 11 is 0. The van der Waals surface area contributed by atoms with E-state index in [0.717, 1.165) is 16.9 Å². The van der Waals surface area contributed by atoms with Crippen LogP contribution in [0.1, 0.15) is 11.1 Å². The third-order valence-electron chi connectivity index (χ3n) is 3.81. The lowest BCUT2D eigenvalue weighted by molar-refractivity contribution is -0.122. The Morgan fingerprint density at radius 2 is 2.25 bits per heavy atom. The molecule has 1 aliphatic heterocycles. The van der Waals surface area contributed by atoms with E-state index in [0.29, 0.717) is 17.9 Å². The number of benzene rings is 1. The topological polar surface area (TPSA) is 92.8 Å². The van der Waals surface area contributed by atoms with Crippen LogP contribution in [0.2, 0.25) is 0 Å². The minimum Gasteiger partial charge on any atom is -0.480 e. The second kappa shape index (κ2) is 5.77. The monoisotopic (exact) mass is 321 g/mol. The normalized spacial score (nSPS) is 15.6. The number of hydrogen-bond acceptors (Lipinski definition) is 5. The smallest absolute Gasteiger partial charge is 0.268 e. The van der Waals surface area contributed by atoms with Crippen LogP contribution in [0, 0.1) is 6.92 Å². The number of hydrogen-bond donors (Lipinski definition) is 2. The molecule has 0 spiro atoms. The summed E-state index contributed by atoms with van der Waals surface area (Å²) in [5, 5.41) is 9.45. The fourth-order valence-corrected chi connectivity index (χ4v) is 2.65. The Morgan fingerprint density at radius 3 is 3.08 bits per heavy atom. The molecular weight excluding hydrogens is 306 g/mol. The number of nitrogens with zero attached hydrogens (tertiary/aromatic N) is 3. The lowest BCUT2D eigenvalue weighted by Crippen LogP contribution is -2.31. The number of aryl methyl sites for hydroxylation is 1. The zero-order valence-electron chi connectivity index (χ0n) is 13.0. The molecule has 3 aromatic rings. The Bertz CT molecular complexity index is 891. The molecule has 24 heavy (non-hydrogen) atoms. The average Bonchev–Trinajstić information content (AvgIpc) is 3.22. The summed E-state index contributed by atoms with van der Waals surface area (Å²) in [6.07, 6.45) is 1.64. The Kier molecular flexibility index (Phi) is 3.45. The second-order valence-electron chi connectivity index (χ2n) is 5.63. The number of carbonyl (C=O) groups is 1. The van der Waals surface area contributed by atoms with Gasteiger partial charge in [0.1, 0.15) is 11.4 Å². The van der Waals surface area contributed by atoms with E-state index in [9.17, 15) is 4.79 Å². The molecule has 120 valence electrons. The maximum atomic E-state index is 12.4. The summed E-state index contributed by atoms with van der Waals surface area (Å²) in [7, 11) is 0. The van der Waals surface area contributed by atoms with Gasteiger partial charge in [0.25, 0.3) is 5.91 Å². The van der Waals surface area contributed by atoms with Crippen molar-refractivity contribution in [2.75, 3.05) is 5.32 Å².